The van der Waals surface area contributed by atoms with E-state index in [2.05, 4.69) is 34.9 Å². The molecule has 2 rings (SSSR count). The Morgan fingerprint density at radius 3 is 2.73 bits per heavy atom. The van der Waals surface area contributed by atoms with E-state index < -0.39 is 0 Å². The predicted molar refractivity (Wildman–Crippen MR) is 92.7 cm³/mol. The number of ether oxygens (including phenoxy) is 1. The topological polar surface area (TPSA) is 73.9 Å². The van der Waals surface area contributed by atoms with E-state index >= 15 is 0 Å². The van der Waals surface area contributed by atoms with E-state index in [0.717, 1.165) is 28.5 Å². The molecule has 7 heteroatoms. The van der Waals surface area contributed by atoms with Crippen LogP contribution in [0.3, 0.4) is 0 Å². The third kappa shape index (κ3) is 4.04. The second-order valence-electron chi connectivity index (χ2n) is 4.65. The molecule has 0 aliphatic heterocycles. The fourth-order valence-electron chi connectivity index (χ4n) is 1.98. The number of aryl methyl sites for hydroxylation is 1. The number of pyridine rings is 1. The van der Waals surface area contributed by atoms with Crippen LogP contribution in [0.5, 0.6) is 5.75 Å². The van der Waals surface area contributed by atoms with Gasteiger partial charge in [-0.3, -0.25) is 4.98 Å². The molecular weight excluding hydrogens is 316 g/mol. The molecule has 0 amide bonds. The van der Waals surface area contributed by atoms with Crippen molar-refractivity contribution in [1.82, 2.24) is 15.0 Å². The lowest BCUT2D eigenvalue weighted by Crippen LogP contribution is -2.01. The van der Waals surface area contributed by atoms with E-state index in [-0.39, 0.29) is 5.25 Å². The highest BCUT2D eigenvalue weighted by Gasteiger charge is 2.14. The van der Waals surface area contributed by atoms with Crippen molar-refractivity contribution < 1.29 is 4.74 Å². The van der Waals surface area contributed by atoms with Crippen LogP contribution in [0.2, 0.25) is 0 Å². The SMILES string of the molecule is CCc1cc(C(C)Sc2nc(N)cc(SC)n2)ncc1OC. The van der Waals surface area contributed by atoms with Gasteiger partial charge in [0.25, 0.3) is 0 Å². The highest BCUT2D eigenvalue weighted by atomic mass is 32.2. The first-order chi connectivity index (χ1) is 10.6. The molecule has 2 aromatic rings. The number of nitrogens with zero attached hydrogens (tertiary/aromatic N) is 3. The maximum Gasteiger partial charge on any atom is 0.191 e. The summed E-state index contributed by atoms with van der Waals surface area (Å²) in [6, 6.07) is 3.86. The number of aromatic nitrogens is 3. The van der Waals surface area contributed by atoms with Gasteiger partial charge in [0.05, 0.1) is 24.3 Å². The van der Waals surface area contributed by atoms with Gasteiger partial charge in [-0.1, -0.05) is 18.7 Å². The van der Waals surface area contributed by atoms with E-state index in [1.54, 1.807) is 42.9 Å². The normalized spacial score (nSPS) is 12.2. The number of anilines is 1. The fraction of sp³-hybridized carbons (Fsp3) is 0.400. The van der Waals surface area contributed by atoms with Crippen LogP contribution < -0.4 is 10.5 Å². The highest BCUT2D eigenvalue weighted by Crippen LogP contribution is 2.34. The van der Waals surface area contributed by atoms with Crippen molar-refractivity contribution in [2.24, 2.45) is 0 Å². The fourth-order valence-corrected chi connectivity index (χ4v) is 3.33. The molecule has 0 saturated carbocycles. The molecule has 0 saturated heterocycles. The molecule has 118 valence electrons. The van der Waals surface area contributed by atoms with E-state index in [4.69, 9.17) is 10.5 Å². The van der Waals surface area contributed by atoms with Gasteiger partial charge >= 0.3 is 0 Å². The second-order valence-corrected chi connectivity index (χ2v) is 6.79. The average Bonchev–Trinajstić information content (AvgIpc) is 2.53. The molecule has 0 fully saturated rings. The Morgan fingerprint density at radius 2 is 2.09 bits per heavy atom. The third-order valence-electron chi connectivity index (χ3n) is 3.18. The first kappa shape index (κ1) is 16.9. The summed E-state index contributed by atoms with van der Waals surface area (Å²) in [5.74, 6) is 1.32. The summed E-state index contributed by atoms with van der Waals surface area (Å²) >= 11 is 3.11. The van der Waals surface area contributed by atoms with Gasteiger partial charge in [-0.05, 0) is 31.2 Å². The number of nitrogens with two attached hydrogens (primary N) is 1. The van der Waals surface area contributed by atoms with Crippen molar-refractivity contribution in [3.8, 4) is 5.75 Å². The van der Waals surface area contributed by atoms with Crippen LogP contribution in [-0.2, 0) is 6.42 Å². The van der Waals surface area contributed by atoms with Crippen LogP contribution in [0.4, 0.5) is 5.82 Å². The van der Waals surface area contributed by atoms with Crippen molar-refractivity contribution in [2.75, 3.05) is 19.1 Å². The molecule has 2 aromatic heterocycles. The zero-order chi connectivity index (χ0) is 16.1. The largest absolute Gasteiger partial charge is 0.495 e. The summed E-state index contributed by atoms with van der Waals surface area (Å²) < 4.78 is 5.32. The maximum absolute atomic E-state index is 5.82. The summed E-state index contributed by atoms with van der Waals surface area (Å²) in [7, 11) is 1.67. The van der Waals surface area contributed by atoms with Gasteiger partial charge in [0, 0.05) is 6.07 Å². The molecule has 2 heterocycles. The minimum absolute atomic E-state index is 0.132. The van der Waals surface area contributed by atoms with Gasteiger partial charge in [-0.25, -0.2) is 9.97 Å². The molecule has 22 heavy (non-hydrogen) atoms. The average molecular weight is 336 g/mol. The van der Waals surface area contributed by atoms with E-state index in [0.29, 0.717) is 11.0 Å². The minimum atomic E-state index is 0.132. The molecule has 0 aliphatic rings. The van der Waals surface area contributed by atoms with Crippen LogP contribution in [0.25, 0.3) is 0 Å². The molecule has 0 radical (unpaired) electrons. The second kappa shape index (κ2) is 7.69. The summed E-state index contributed by atoms with van der Waals surface area (Å²) in [6.07, 6.45) is 4.65. The molecule has 0 spiro atoms. The Bertz CT molecular complexity index is 651. The van der Waals surface area contributed by atoms with E-state index in [9.17, 15) is 0 Å². The van der Waals surface area contributed by atoms with Crippen molar-refractivity contribution in [1.29, 1.82) is 0 Å². The lowest BCUT2D eigenvalue weighted by Gasteiger charge is -2.13. The van der Waals surface area contributed by atoms with Crippen molar-refractivity contribution in [2.45, 2.75) is 35.7 Å². The Hall–Kier alpha value is -1.47. The van der Waals surface area contributed by atoms with Crippen LogP contribution in [-0.4, -0.2) is 28.3 Å². The van der Waals surface area contributed by atoms with Crippen LogP contribution in [0, 0.1) is 0 Å². The van der Waals surface area contributed by atoms with Crippen LogP contribution >= 0.6 is 23.5 Å². The minimum Gasteiger partial charge on any atom is -0.495 e. The van der Waals surface area contributed by atoms with Crippen molar-refractivity contribution in [3.05, 3.63) is 29.6 Å². The van der Waals surface area contributed by atoms with Gasteiger partial charge in [-0.15, -0.1) is 11.8 Å². The van der Waals surface area contributed by atoms with Gasteiger partial charge in [0.1, 0.15) is 16.6 Å². The number of hydrogen-bond acceptors (Lipinski definition) is 7. The quantitative estimate of drug-likeness (QED) is 0.491. The van der Waals surface area contributed by atoms with E-state index in [1.165, 1.54) is 0 Å². The van der Waals surface area contributed by atoms with Gasteiger partial charge in [0.2, 0.25) is 0 Å². The van der Waals surface area contributed by atoms with Crippen LogP contribution in [0.15, 0.2) is 28.5 Å². The van der Waals surface area contributed by atoms with E-state index in [1.807, 2.05) is 6.26 Å². The monoisotopic (exact) mass is 336 g/mol. The Morgan fingerprint density at radius 1 is 1.32 bits per heavy atom. The number of thioether (sulfide) groups is 2. The van der Waals surface area contributed by atoms with Crippen molar-refractivity contribution in [3.63, 3.8) is 0 Å². The Kier molecular flexibility index (Phi) is 5.90. The lowest BCUT2D eigenvalue weighted by atomic mass is 10.1. The summed E-state index contributed by atoms with van der Waals surface area (Å²) in [5.41, 5.74) is 7.96. The first-order valence-corrected chi connectivity index (χ1v) is 9.05. The summed E-state index contributed by atoms with van der Waals surface area (Å²) in [4.78, 5) is 13.2. The molecule has 5 nitrogen and oxygen atoms in total. The van der Waals surface area contributed by atoms with Crippen LogP contribution in [0.1, 0.15) is 30.4 Å². The van der Waals surface area contributed by atoms with Gasteiger partial charge in [-0.2, -0.15) is 0 Å². The zero-order valence-electron chi connectivity index (χ0n) is 13.2. The smallest absolute Gasteiger partial charge is 0.191 e. The molecule has 0 aliphatic carbocycles. The highest BCUT2D eigenvalue weighted by molar-refractivity contribution is 7.99. The summed E-state index contributed by atoms with van der Waals surface area (Å²) in [5, 5.41) is 1.68. The maximum atomic E-state index is 5.82. The Labute approximate surface area is 139 Å². The molecule has 1 unspecified atom stereocenters. The molecule has 1 atom stereocenters. The molecule has 0 aromatic carbocycles. The predicted octanol–water partition coefficient (Wildman–Crippen LogP) is 3.60. The zero-order valence-corrected chi connectivity index (χ0v) is 14.8. The molecule has 2 N–H and O–H groups in total. The number of hydrogen-bond donors (Lipinski definition) is 1. The lowest BCUT2D eigenvalue weighted by molar-refractivity contribution is 0.407. The molecule has 0 bridgehead atoms. The standard InChI is InChI=1S/C15H20N4OS2/c1-5-10-6-11(17-8-12(10)20-3)9(2)22-15-18-13(16)7-14(19-15)21-4/h6-9H,5H2,1-4H3,(H2,16,18,19). The number of rotatable bonds is 6. The van der Waals surface area contributed by atoms with Crippen molar-refractivity contribution >= 4 is 29.3 Å². The Balaban J connectivity index is 2.21. The van der Waals surface area contributed by atoms with Gasteiger partial charge in [0.15, 0.2) is 5.16 Å². The van der Waals surface area contributed by atoms with Gasteiger partial charge < -0.3 is 10.5 Å². The summed E-state index contributed by atoms with van der Waals surface area (Å²) in [6.45, 7) is 4.19. The molecular formula is C15H20N4OS2. The third-order valence-corrected chi connectivity index (χ3v) is 4.80. The first-order valence-electron chi connectivity index (χ1n) is 6.95. The number of nitrogen functional groups attached to an aromatic ring is 1. The number of methoxy groups -OCH3 is 1.